The topological polar surface area (TPSA) is 86.6 Å². The quantitative estimate of drug-likeness (QED) is 0.103. The molecule has 0 unspecified atom stereocenters. The average Bonchev–Trinajstić information content (AvgIpc) is 2.96. The van der Waals surface area contributed by atoms with Gasteiger partial charge in [0.05, 0.1) is 12.1 Å². The Morgan fingerprint density at radius 3 is 2.24 bits per heavy atom. The molecule has 0 bridgehead atoms. The number of ether oxygens (including phenoxy) is 2. The van der Waals surface area contributed by atoms with E-state index in [1.807, 2.05) is 36.4 Å². The Morgan fingerprint density at radius 2 is 1.54 bits per heavy atom. The summed E-state index contributed by atoms with van der Waals surface area (Å²) < 4.78 is 13.2. The molecule has 0 radical (unpaired) electrons. The van der Waals surface area contributed by atoms with Gasteiger partial charge < -0.3 is 19.4 Å². The summed E-state index contributed by atoms with van der Waals surface area (Å²) in [5.41, 5.74) is 1.71. The molecule has 0 spiro atoms. The van der Waals surface area contributed by atoms with Crippen LogP contribution in [0.4, 0.5) is 5.69 Å². The Bertz CT molecular complexity index is 1360. The Labute approximate surface area is 243 Å². The summed E-state index contributed by atoms with van der Waals surface area (Å²) >= 11 is 0. The van der Waals surface area contributed by atoms with E-state index in [2.05, 4.69) is 19.2 Å². The zero-order valence-corrected chi connectivity index (χ0v) is 24.7. The van der Waals surface area contributed by atoms with Crippen LogP contribution in [-0.2, 0) is 16.1 Å². The van der Waals surface area contributed by atoms with Crippen LogP contribution in [0.3, 0.4) is 0 Å². The van der Waals surface area contributed by atoms with Gasteiger partial charge in [0.15, 0.2) is 5.75 Å². The van der Waals surface area contributed by atoms with Crippen LogP contribution in [0.5, 0.6) is 11.5 Å². The maximum Gasteiger partial charge on any atom is 0.308 e. The van der Waals surface area contributed by atoms with Crippen molar-refractivity contribution in [1.82, 2.24) is 4.57 Å². The van der Waals surface area contributed by atoms with Crippen LogP contribution in [0, 0.1) is 0 Å². The smallest absolute Gasteiger partial charge is 0.308 e. The Hall–Kier alpha value is -3.87. The second-order valence-corrected chi connectivity index (χ2v) is 10.4. The maximum absolute atomic E-state index is 13.7. The van der Waals surface area contributed by atoms with E-state index in [0.717, 1.165) is 50.5 Å². The second-order valence-electron chi connectivity index (χ2n) is 10.4. The van der Waals surface area contributed by atoms with Gasteiger partial charge in [-0.25, -0.2) is 0 Å². The minimum Gasteiger partial charge on any atom is -0.489 e. The van der Waals surface area contributed by atoms with Crippen molar-refractivity contribution >= 4 is 34.5 Å². The number of benzene rings is 2. The van der Waals surface area contributed by atoms with Crippen LogP contribution < -0.4 is 20.3 Å². The lowest BCUT2D eigenvalue weighted by molar-refractivity contribution is -0.132. The highest BCUT2D eigenvalue weighted by atomic mass is 16.6. The highest BCUT2D eigenvalue weighted by Crippen LogP contribution is 2.35. The van der Waals surface area contributed by atoms with Crippen molar-refractivity contribution in [2.75, 3.05) is 11.9 Å². The number of esters is 1. The number of hydrogen-bond acceptors (Lipinski definition) is 5. The largest absolute Gasteiger partial charge is 0.489 e. The summed E-state index contributed by atoms with van der Waals surface area (Å²) in [6, 6.07) is 15.0. The van der Waals surface area contributed by atoms with E-state index in [-0.39, 0.29) is 17.4 Å². The molecule has 0 aliphatic heterocycles. The van der Waals surface area contributed by atoms with Gasteiger partial charge in [0.1, 0.15) is 0 Å². The van der Waals surface area contributed by atoms with Gasteiger partial charge in [0.2, 0.25) is 11.7 Å². The molecular weight excluding hydrogens is 516 g/mol. The van der Waals surface area contributed by atoms with Crippen LogP contribution in [0.25, 0.3) is 17.0 Å². The number of pyridine rings is 1. The van der Waals surface area contributed by atoms with Gasteiger partial charge >= 0.3 is 5.97 Å². The number of carbonyl (C=O) groups is 2. The van der Waals surface area contributed by atoms with E-state index in [1.54, 1.807) is 22.8 Å². The number of nitrogens with zero attached hydrogens (tertiary/aromatic N) is 1. The third kappa shape index (κ3) is 9.92. The molecule has 1 aromatic heterocycles. The number of aromatic nitrogens is 1. The first kappa shape index (κ1) is 31.7. The predicted octanol–water partition coefficient (Wildman–Crippen LogP) is 7.90. The van der Waals surface area contributed by atoms with Crippen LogP contribution in [0.1, 0.15) is 90.5 Å². The number of amides is 1. The SMILES string of the molecule is CCCCCCCCn1c(=O)c(OC(C)=O)c(OCCCCCC)c2ccc(NC(=O)/C=C/c3ccccc3)cc21. The molecule has 1 amide bonds. The van der Waals surface area contributed by atoms with Gasteiger partial charge in [0, 0.05) is 30.6 Å². The molecule has 0 saturated carbocycles. The van der Waals surface area contributed by atoms with E-state index >= 15 is 0 Å². The molecule has 0 aliphatic rings. The van der Waals surface area contributed by atoms with E-state index in [1.165, 1.54) is 32.3 Å². The van der Waals surface area contributed by atoms with E-state index < -0.39 is 11.5 Å². The van der Waals surface area contributed by atoms with Gasteiger partial charge in [0.25, 0.3) is 5.56 Å². The van der Waals surface area contributed by atoms with Crippen LogP contribution in [0.15, 0.2) is 59.4 Å². The predicted molar refractivity (Wildman–Crippen MR) is 167 cm³/mol. The summed E-state index contributed by atoms with van der Waals surface area (Å²) in [6.45, 7) is 6.49. The molecule has 3 rings (SSSR count). The van der Waals surface area contributed by atoms with E-state index in [9.17, 15) is 14.4 Å². The molecular formula is C34H44N2O5. The molecule has 3 aromatic rings. The molecule has 1 N–H and O–H groups in total. The minimum atomic E-state index is -0.572. The molecule has 7 nitrogen and oxygen atoms in total. The van der Waals surface area contributed by atoms with Crippen molar-refractivity contribution in [3.8, 4) is 11.5 Å². The van der Waals surface area contributed by atoms with Crippen LogP contribution >= 0.6 is 0 Å². The summed E-state index contributed by atoms with van der Waals surface area (Å²) in [7, 11) is 0. The normalized spacial score (nSPS) is 11.2. The lowest BCUT2D eigenvalue weighted by Crippen LogP contribution is -2.25. The number of anilines is 1. The molecule has 1 heterocycles. The lowest BCUT2D eigenvalue weighted by Gasteiger charge is -2.18. The molecule has 0 fully saturated rings. The number of hydrogen-bond donors (Lipinski definition) is 1. The van der Waals surface area contributed by atoms with E-state index in [4.69, 9.17) is 9.47 Å². The van der Waals surface area contributed by atoms with Gasteiger partial charge in [-0.1, -0.05) is 95.5 Å². The Kier molecular flexibility index (Phi) is 13.2. The number of carbonyl (C=O) groups excluding carboxylic acids is 2. The first-order valence-electron chi connectivity index (χ1n) is 15.0. The van der Waals surface area contributed by atoms with Crippen molar-refractivity contribution in [2.45, 2.75) is 91.5 Å². The highest BCUT2D eigenvalue weighted by Gasteiger charge is 2.21. The average molecular weight is 561 g/mol. The minimum absolute atomic E-state index is 0.0749. The highest BCUT2D eigenvalue weighted by molar-refractivity contribution is 6.03. The van der Waals surface area contributed by atoms with Gasteiger partial charge in [-0.15, -0.1) is 0 Å². The summed E-state index contributed by atoms with van der Waals surface area (Å²) in [6.07, 6.45) is 13.7. The molecule has 220 valence electrons. The Balaban J connectivity index is 1.96. The number of fused-ring (bicyclic) bond motifs is 1. The zero-order valence-electron chi connectivity index (χ0n) is 24.7. The third-order valence-electron chi connectivity index (χ3n) is 6.90. The standard InChI is InChI=1S/C34H44N2O5/c1-4-6-8-10-11-15-23-36-30-25-28(35-31(38)22-19-27-17-13-12-14-18-27)20-21-29(30)32(40-24-16-9-7-5-2)33(34(36)39)41-26(3)37/h12-14,17-22,25H,4-11,15-16,23-24H2,1-3H3,(H,35,38)/b22-19+. The summed E-state index contributed by atoms with van der Waals surface area (Å²) in [4.78, 5) is 38.4. The monoisotopic (exact) mass is 560 g/mol. The van der Waals surface area contributed by atoms with Crippen molar-refractivity contribution in [3.05, 3.63) is 70.5 Å². The number of rotatable bonds is 17. The second kappa shape index (κ2) is 17.1. The maximum atomic E-state index is 13.7. The number of aryl methyl sites for hydroxylation is 1. The first-order valence-corrected chi connectivity index (χ1v) is 15.0. The summed E-state index contributed by atoms with van der Waals surface area (Å²) in [5.74, 6) is -0.647. The zero-order chi connectivity index (χ0) is 29.5. The van der Waals surface area contributed by atoms with Crippen molar-refractivity contribution < 1.29 is 19.1 Å². The molecule has 2 aromatic carbocycles. The van der Waals surface area contributed by atoms with Crippen molar-refractivity contribution in [1.29, 1.82) is 0 Å². The molecule has 0 aliphatic carbocycles. The van der Waals surface area contributed by atoms with Gasteiger partial charge in [-0.2, -0.15) is 0 Å². The van der Waals surface area contributed by atoms with E-state index in [0.29, 0.717) is 29.7 Å². The lowest BCUT2D eigenvalue weighted by atomic mass is 10.1. The van der Waals surface area contributed by atoms with Gasteiger partial charge in [-0.05, 0) is 42.7 Å². The molecule has 0 saturated heterocycles. The Morgan fingerprint density at radius 1 is 0.854 bits per heavy atom. The third-order valence-corrected chi connectivity index (χ3v) is 6.90. The number of unbranched alkanes of at least 4 members (excludes halogenated alkanes) is 8. The number of nitrogens with one attached hydrogen (secondary N) is 1. The fraction of sp³-hybridized carbons (Fsp3) is 0.441. The molecule has 0 atom stereocenters. The summed E-state index contributed by atoms with van der Waals surface area (Å²) in [5, 5.41) is 3.57. The fourth-order valence-corrected chi connectivity index (χ4v) is 4.75. The molecule has 7 heteroatoms. The van der Waals surface area contributed by atoms with Gasteiger partial charge in [-0.3, -0.25) is 14.4 Å². The van der Waals surface area contributed by atoms with Crippen LogP contribution in [-0.4, -0.2) is 23.1 Å². The molecule has 41 heavy (non-hydrogen) atoms. The van der Waals surface area contributed by atoms with Crippen molar-refractivity contribution in [3.63, 3.8) is 0 Å². The first-order chi connectivity index (χ1) is 19.9. The fourth-order valence-electron chi connectivity index (χ4n) is 4.75. The van der Waals surface area contributed by atoms with Crippen LogP contribution in [0.2, 0.25) is 0 Å². The van der Waals surface area contributed by atoms with Crippen molar-refractivity contribution in [2.24, 2.45) is 0 Å².